The molecule has 0 aliphatic heterocycles. The van der Waals surface area contributed by atoms with Crippen LogP contribution in [0.2, 0.25) is 0 Å². The van der Waals surface area contributed by atoms with E-state index in [0.717, 1.165) is 6.07 Å². The molecule has 1 rings (SSSR count). The summed E-state index contributed by atoms with van der Waals surface area (Å²) in [6, 6.07) is 2.24. The second-order valence-electron chi connectivity index (χ2n) is 5.36. The third-order valence-corrected chi connectivity index (χ3v) is 4.57. The van der Waals surface area contributed by atoms with Crippen LogP contribution < -0.4 is 10.5 Å². The fraction of sp³-hybridized carbons (Fsp3) is 0.500. The van der Waals surface area contributed by atoms with Gasteiger partial charge in [-0.05, 0) is 32.4 Å². The van der Waals surface area contributed by atoms with Gasteiger partial charge in [-0.25, -0.2) is 13.1 Å². The molecule has 21 heavy (non-hydrogen) atoms. The molecular weight excluding hydrogens is 298 g/mol. The average Bonchev–Trinajstić information content (AvgIpc) is 2.25. The van der Waals surface area contributed by atoms with E-state index in [1.54, 1.807) is 13.8 Å². The molecule has 0 atom stereocenters. The summed E-state index contributed by atoms with van der Waals surface area (Å²) in [5, 5.41) is 10.9. The van der Waals surface area contributed by atoms with Crippen molar-refractivity contribution >= 4 is 21.4 Å². The number of hydrogen-bond acceptors (Lipinski definition) is 6. The van der Waals surface area contributed by atoms with Gasteiger partial charge >= 0.3 is 0 Å². The highest BCUT2D eigenvalue weighted by atomic mass is 32.2. The maximum atomic E-state index is 12.4. The molecule has 8 nitrogen and oxygen atoms in total. The van der Waals surface area contributed by atoms with Gasteiger partial charge in [-0.2, -0.15) is 0 Å². The number of nitro benzene ring substituents is 1. The van der Waals surface area contributed by atoms with E-state index in [1.165, 1.54) is 20.1 Å². The van der Waals surface area contributed by atoms with Crippen molar-refractivity contribution in [3.05, 3.63) is 27.8 Å². The molecule has 1 aromatic rings. The lowest BCUT2D eigenvalue weighted by molar-refractivity contribution is -0.384. The Bertz CT molecular complexity index is 655. The number of nitro groups is 1. The zero-order chi connectivity index (χ0) is 16.4. The molecule has 0 spiro atoms. The van der Waals surface area contributed by atoms with Crippen LogP contribution in [0.25, 0.3) is 0 Å². The molecule has 1 aromatic carbocycles. The molecular formula is C12H19N3O5S. The maximum Gasteiger partial charge on any atom is 0.293 e. The van der Waals surface area contributed by atoms with E-state index in [4.69, 9.17) is 10.5 Å². The van der Waals surface area contributed by atoms with E-state index in [2.05, 4.69) is 4.72 Å². The predicted octanol–water partition coefficient (Wildman–Crippen LogP) is 1.19. The minimum absolute atomic E-state index is 0.0763. The van der Waals surface area contributed by atoms with Crippen molar-refractivity contribution in [2.45, 2.75) is 31.2 Å². The lowest BCUT2D eigenvalue weighted by Gasteiger charge is -2.25. The highest BCUT2D eigenvalue weighted by molar-refractivity contribution is 7.89. The average molecular weight is 317 g/mol. The molecule has 0 radical (unpaired) electrons. The first-order valence-corrected chi connectivity index (χ1v) is 7.56. The normalized spacial score (nSPS) is 12.4. The Kier molecular flexibility index (Phi) is 4.92. The quantitative estimate of drug-likeness (QED) is 0.461. The zero-order valence-corrected chi connectivity index (χ0v) is 13.2. The van der Waals surface area contributed by atoms with Gasteiger partial charge in [-0.3, -0.25) is 10.1 Å². The molecule has 118 valence electrons. The lowest BCUT2D eigenvalue weighted by Crippen LogP contribution is -2.46. The van der Waals surface area contributed by atoms with E-state index in [1.807, 2.05) is 0 Å². The second-order valence-corrected chi connectivity index (χ2v) is 7.01. The highest BCUT2D eigenvalue weighted by Crippen LogP contribution is 2.28. The summed E-state index contributed by atoms with van der Waals surface area (Å²) in [5.74, 6) is 0. The number of nitrogens with zero attached hydrogens (tertiary/aromatic N) is 1. The molecule has 0 heterocycles. The van der Waals surface area contributed by atoms with Crippen LogP contribution in [-0.4, -0.2) is 32.6 Å². The number of hydrogen-bond donors (Lipinski definition) is 2. The third kappa shape index (κ3) is 4.13. The number of nitrogens with two attached hydrogens (primary N) is 1. The monoisotopic (exact) mass is 317 g/mol. The molecule has 0 aliphatic rings. The smallest absolute Gasteiger partial charge is 0.293 e. The van der Waals surface area contributed by atoms with Crippen molar-refractivity contribution in [3.8, 4) is 0 Å². The van der Waals surface area contributed by atoms with Crippen molar-refractivity contribution in [1.29, 1.82) is 0 Å². The number of sulfonamides is 1. The molecule has 0 saturated heterocycles. The van der Waals surface area contributed by atoms with E-state index in [-0.39, 0.29) is 17.2 Å². The number of rotatable bonds is 6. The van der Waals surface area contributed by atoms with Gasteiger partial charge in [-0.1, -0.05) is 0 Å². The molecule has 0 aliphatic carbocycles. The van der Waals surface area contributed by atoms with Crippen molar-refractivity contribution in [2.75, 3.05) is 19.5 Å². The predicted molar refractivity (Wildman–Crippen MR) is 78.5 cm³/mol. The van der Waals surface area contributed by atoms with Crippen molar-refractivity contribution in [2.24, 2.45) is 0 Å². The van der Waals surface area contributed by atoms with Gasteiger partial charge in [0.1, 0.15) is 5.69 Å². The Balaban J connectivity index is 3.32. The molecule has 0 saturated carbocycles. The van der Waals surface area contributed by atoms with Crippen LogP contribution in [0.5, 0.6) is 0 Å². The lowest BCUT2D eigenvalue weighted by atomic mass is 10.1. The zero-order valence-electron chi connectivity index (χ0n) is 12.3. The minimum Gasteiger partial charge on any atom is -0.393 e. The van der Waals surface area contributed by atoms with Crippen LogP contribution in [0.3, 0.4) is 0 Å². The first-order chi connectivity index (χ1) is 9.50. The Morgan fingerprint density at radius 2 is 2.00 bits per heavy atom. The maximum absolute atomic E-state index is 12.4. The number of ether oxygens (including phenoxy) is 1. The Morgan fingerprint density at radius 1 is 1.43 bits per heavy atom. The minimum atomic E-state index is -3.93. The van der Waals surface area contributed by atoms with Gasteiger partial charge in [-0.15, -0.1) is 0 Å². The van der Waals surface area contributed by atoms with E-state index < -0.39 is 26.2 Å². The van der Waals surface area contributed by atoms with Crippen LogP contribution >= 0.6 is 0 Å². The highest BCUT2D eigenvalue weighted by Gasteiger charge is 2.29. The summed E-state index contributed by atoms with van der Waals surface area (Å²) in [4.78, 5) is 10.0. The Hall–Kier alpha value is -1.71. The summed E-state index contributed by atoms with van der Waals surface area (Å²) < 4.78 is 32.2. The van der Waals surface area contributed by atoms with Gasteiger partial charge in [0, 0.05) is 13.2 Å². The molecule has 0 amide bonds. The summed E-state index contributed by atoms with van der Waals surface area (Å²) in [6.07, 6.45) is 0. The van der Waals surface area contributed by atoms with Crippen molar-refractivity contribution < 1.29 is 18.1 Å². The first-order valence-electron chi connectivity index (χ1n) is 6.07. The van der Waals surface area contributed by atoms with Crippen LogP contribution in [0.4, 0.5) is 11.4 Å². The van der Waals surface area contributed by atoms with Gasteiger partial charge in [0.25, 0.3) is 5.69 Å². The van der Waals surface area contributed by atoms with Gasteiger partial charge < -0.3 is 10.5 Å². The van der Waals surface area contributed by atoms with Gasteiger partial charge in [0.15, 0.2) is 0 Å². The number of nitrogens with one attached hydrogen (secondary N) is 1. The van der Waals surface area contributed by atoms with Crippen LogP contribution in [0.15, 0.2) is 17.0 Å². The number of benzene rings is 1. The standard InChI is InChI=1S/C12H19N3O5S/c1-8-5-9(13)10(15(16)17)6-11(8)21(18,19)14-12(2,3)7-20-4/h5-6,14H,7,13H2,1-4H3. The van der Waals surface area contributed by atoms with E-state index in [9.17, 15) is 18.5 Å². The first kappa shape index (κ1) is 17.3. The van der Waals surface area contributed by atoms with Crippen molar-refractivity contribution in [3.63, 3.8) is 0 Å². The molecule has 3 N–H and O–H groups in total. The molecule has 0 fully saturated rings. The number of methoxy groups -OCH3 is 1. The summed E-state index contributed by atoms with van der Waals surface area (Å²) >= 11 is 0. The number of anilines is 1. The summed E-state index contributed by atoms with van der Waals surface area (Å²) in [6.45, 7) is 4.98. The Morgan fingerprint density at radius 3 is 2.48 bits per heavy atom. The van der Waals surface area contributed by atoms with Crippen molar-refractivity contribution in [1.82, 2.24) is 4.72 Å². The SMILES string of the molecule is COCC(C)(C)NS(=O)(=O)c1cc([N+](=O)[O-])c(N)cc1C. The molecule has 9 heteroatoms. The van der Waals surface area contributed by atoms with E-state index >= 15 is 0 Å². The van der Waals surface area contributed by atoms with Gasteiger partial charge in [0.05, 0.1) is 22.0 Å². The molecule has 0 bridgehead atoms. The van der Waals surface area contributed by atoms with Crippen LogP contribution in [0, 0.1) is 17.0 Å². The fourth-order valence-corrected chi connectivity index (χ4v) is 3.60. The fourth-order valence-electron chi connectivity index (χ4n) is 1.96. The summed E-state index contributed by atoms with van der Waals surface area (Å²) in [5.41, 5.74) is 4.50. The van der Waals surface area contributed by atoms with Crippen LogP contribution in [-0.2, 0) is 14.8 Å². The Labute approximate surface area is 123 Å². The van der Waals surface area contributed by atoms with Gasteiger partial charge in [0.2, 0.25) is 10.0 Å². The number of aryl methyl sites for hydroxylation is 1. The van der Waals surface area contributed by atoms with E-state index in [0.29, 0.717) is 5.56 Å². The number of nitrogen functional groups attached to an aromatic ring is 1. The third-order valence-electron chi connectivity index (χ3n) is 2.73. The summed E-state index contributed by atoms with van der Waals surface area (Å²) in [7, 11) is -2.48. The topological polar surface area (TPSA) is 125 Å². The van der Waals surface area contributed by atoms with Crippen LogP contribution in [0.1, 0.15) is 19.4 Å². The largest absolute Gasteiger partial charge is 0.393 e. The molecule has 0 unspecified atom stereocenters. The molecule has 0 aromatic heterocycles. The second kappa shape index (κ2) is 5.96.